The molecule has 0 atom stereocenters. The van der Waals surface area contributed by atoms with Gasteiger partial charge in [-0.05, 0) is 54.6 Å². The van der Waals surface area contributed by atoms with Gasteiger partial charge in [0.2, 0.25) is 0 Å². The highest BCUT2D eigenvalue weighted by Gasteiger charge is 2.16. The molecule has 0 saturated heterocycles. The molecule has 3 aromatic rings. The third-order valence-corrected chi connectivity index (χ3v) is 4.67. The molecule has 0 unspecified atom stereocenters. The Morgan fingerprint density at radius 2 is 1.40 bits per heavy atom. The van der Waals surface area contributed by atoms with Gasteiger partial charge < -0.3 is 4.74 Å². The Morgan fingerprint density at radius 1 is 0.760 bits per heavy atom. The first kappa shape index (κ1) is 16.9. The normalized spacial score (nSPS) is 11.1. The second-order valence-electron chi connectivity index (χ2n) is 5.12. The van der Waals surface area contributed by atoms with Crippen molar-refractivity contribution in [3.63, 3.8) is 0 Å². The van der Waals surface area contributed by atoms with Crippen LogP contribution in [0.4, 0.5) is 14.5 Å². The van der Waals surface area contributed by atoms with Crippen LogP contribution < -0.4 is 9.46 Å². The summed E-state index contributed by atoms with van der Waals surface area (Å²) in [5.74, 6) is -1.16. The van der Waals surface area contributed by atoms with Crippen molar-refractivity contribution in [3.8, 4) is 11.5 Å². The number of benzene rings is 3. The Hall–Kier alpha value is -2.93. The second-order valence-corrected chi connectivity index (χ2v) is 6.80. The molecule has 0 radical (unpaired) electrons. The molecule has 0 heterocycles. The molecule has 0 spiro atoms. The Kier molecular flexibility index (Phi) is 4.67. The molecule has 0 fully saturated rings. The summed E-state index contributed by atoms with van der Waals surface area (Å²) in [6.07, 6.45) is 0. The molecule has 0 bridgehead atoms. The van der Waals surface area contributed by atoms with Gasteiger partial charge in [0.15, 0.2) is 11.6 Å². The van der Waals surface area contributed by atoms with E-state index in [0.29, 0.717) is 17.6 Å². The Bertz CT molecular complexity index is 975. The predicted octanol–water partition coefficient (Wildman–Crippen LogP) is 4.56. The minimum absolute atomic E-state index is 0.269. The molecule has 25 heavy (non-hydrogen) atoms. The molecule has 0 aliphatic heterocycles. The fourth-order valence-electron chi connectivity index (χ4n) is 2.07. The van der Waals surface area contributed by atoms with Gasteiger partial charge in [0.05, 0.1) is 4.90 Å². The Morgan fingerprint density at radius 3 is 2.04 bits per heavy atom. The van der Waals surface area contributed by atoms with E-state index in [-0.39, 0.29) is 10.6 Å². The number of sulfonamides is 1. The average molecular weight is 361 g/mol. The van der Waals surface area contributed by atoms with Crippen LogP contribution in [-0.2, 0) is 10.0 Å². The third-order valence-electron chi connectivity index (χ3n) is 3.29. The lowest BCUT2D eigenvalue weighted by atomic mass is 10.3. The van der Waals surface area contributed by atoms with Crippen molar-refractivity contribution in [2.45, 2.75) is 4.90 Å². The summed E-state index contributed by atoms with van der Waals surface area (Å²) in [6, 6.07) is 17.7. The number of para-hydroxylation sites is 1. The summed E-state index contributed by atoms with van der Waals surface area (Å²) in [4.78, 5) is -0.365. The van der Waals surface area contributed by atoms with Crippen LogP contribution in [0.1, 0.15) is 0 Å². The summed E-state index contributed by atoms with van der Waals surface area (Å²) in [5.41, 5.74) is 0.269. The van der Waals surface area contributed by atoms with Crippen LogP contribution >= 0.6 is 0 Å². The number of rotatable bonds is 5. The van der Waals surface area contributed by atoms with Gasteiger partial charge in [-0.3, -0.25) is 4.72 Å². The van der Waals surface area contributed by atoms with Gasteiger partial charge in [-0.25, -0.2) is 17.2 Å². The van der Waals surface area contributed by atoms with Crippen LogP contribution in [0, 0.1) is 11.6 Å². The fraction of sp³-hybridized carbons (Fsp3) is 0. The first-order valence-electron chi connectivity index (χ1n) is 7.25. The zero-order chi connectivity index (χ0) is 17.9. The van der Waals surface area contributed by atoms with Crippen LogP contribution in [0.15, 0.2) is 77.7 Å². The van der Waals surface area contributed by atoms with Crippen molar-refractivity contribution in [2.24, 2.45) is 0 Å². The van der Waals surface area contributed by atoms with Crippen LogP contribution in [0.3, 0.4) is 0 Å². The zero-order valence-corrected chi connectivity index (χ0v) is 13.6. The highest BCUT2D eigenvalue weighted by molar-refractivity contribution is 7.92. The van der Waals surface area contributed by atoms with E-state index in [1.165, 1.54) is 12.1 Å². The smallest absolute Gasteiger partial charge is 0.261 e. The van der Waals surface area contributed by atoms with E-state index in [1.54, 1.807) is 24.3 Å². The van der Waals surface area contributed by atoms with Crippen LogP contribution in [0.2, 0.25) is 0 Å². The van der Waals surface area contributed by atoms with E-state index in [0.717, 1.165) is 12.1 Å². The number of halogens is 2. The molecule has 0 aliphatic carbocycles. The van der Waals surface area contributed by atoms with Crippen molar-refractivity contribution in [1.82, 2.24) is 0 Å². The number of hydrogen-bond acceptors (Lipinski definition) is 3. The molecule has 128 valence electrons. The summed E-state index contributed by atoms with van der Waals surface area (Å²) in [5, 5.41) is 0. The summed E-state index contributed by atoms with van der Waals surface area (Å²) in [6.45, 7) is 0. The molecule has 7 heteroatoms. The SMILES string of the molecule is O=S(=O)(Nc1ccc(Oc2ccccc2)cc1)c1ccc(F)c(F)c1. The van der Waals surface area contributed by atoms with Crippen LogP contribution in [-0.4, -0.2) is 8.42 Å². The third kappa shape index (κ3) is 4.13. The molecule has 3 rings (SSSR count). The first-order chi connectivity index (χ1) is 11.9. The molecule has 0 saturated carbocycles. The summed E-state index contributed by atoms with van der Waals surface area (Å²) < 4.78 is 58.5. The molecule has 3 aromatic carbocycles. The first-order valence-corrected chi connectivity index (χ1v) is 8.73. The molecular weight excluding hydrogens is 348 g/mol. The second kappa shape index (κ2) is 6.90. The quantitative estimate of drug-likeness (QED) is 0.725. The lowest BCUT2D eigenvalue weighted by molar-refractivity contribution is 0.483. The molecular formula is C18H13F2NO3S. The predicted molar refractivity (Wildman–Crippen MR) is 90.1 cm³/mol. The van der Waals surface area contributed by atoms with Crippen molar-refractivity contribution >= 4 is 15.7 Å². The van der Waals surface area contributed by atoms with Crippen LogP contribution in [0.5, 0.6) is 11.5 Å². The highest BCUT2D eigenvalue weighted by Crippen LogP contribution is 2.24. The van der Waals surface area contributed by atoms with Gasteiger partial charge in [-0.1, -0.05) is 18.2 Å². The van der Waals surface area contributed by atoms with Gasteiger partial charge in [0.1, 0.15) is 11.5 Å². The molecule has 0 aliphatic rings. The number of hydrogen-bond donors (Lipinski definition) is 1. The van der Waals surface area contributed by atoms with E-state index in [1.807, 2.05) is 18.2 Å². The van der Waals surface area contributed by atoms with E-state index in [4.69, 9.17) is 4.74 Å². The van der Waals surface area contributed by atoms with Crippen molar-refractivity contribution in [1.29, 1.82) is 0 Å². The van der Waals surface area contributed by atoms with Gasteiger partial charge in [0.25, 0.3) is 10.0 Å². The monoisotopic (exact) mass is 361 g/mol. The van der Waals surface area contributed by atoms with Gasteiger partial charge in [-0.2, -0.15) is 0 Å². The fourth-order valence-corrected chi connectivity index (χ4v) is 3.14. The minimum atomic E-state index is -4.02. The number of nitrogens with one attached hydrogen (secondary N) is 1. The molecule has 0 aromatic heterocycles. The summed E-state index contributed by atoms with van der Waals surface area (Å²) >= 11 is 0. The van der Waals surface area contributed by atoms with E-state index in [9.17, 15) is 17.2 Å². The topological polar surface area (TPSA) is 55.4 Å². The Balaban J connectivity index is 1.75. The minimum Gasteiger partial charge on any atom is -0.457 e. The van der Waals surface area contributed by atoms with Crippen LogP contribution in [0.25, 0.3) is 0 Å². The zero-order valence-electron chi connectivity index (χ0n) is 12.8. The lowest BCUT2D eigenvalue weighted by Crippen LogP contribution is -2.13. The maximum atomic E-state index is 13.2. The summed E-state index contributed by atoms with van der Waals surface area (Å²) in [7, 11) is -4.02. The standard InChI is InChI=1S/C18H13F2NO3S/c19-17-11-10-16(12-18(17)20)25(22,23)21-13-6-8-15(9-7-13)24-14-4-2-1-3-5-14/h1-12,21H. The van der Waals surface area contributed by atoms with Crippen molar-refractivity contribution in [2.75, 3.05) is 4.72 Å². The largest absolute Gasteiger partial charge is 0.457 e. The maximum Gasteiger partial charge on any atom is 0.261 e. The molecule has 1 N–H and O–H groups in total. The number of anilines is 1. The number of ether oxygens (including phenoxy) is 1. The van der Waals surface area contributed by atoms with E-state index >= 15 is 0 Å². The lowest BCUT2D eigenvalue weighted by Gasteiger charge is -2.10. The molecule has 0 amide bonds. The highest BCUT2D eigenvalue weighted by atomic mass is 32.2. The van der Waals surface area contributed by atoms with Crippen molar-refractivity contribution < 1.29 is 21.9 Å². The molecule has 4 nitrogen and oxygen atoms in total. The van der Waals surface area contributed by atoms with Gasteiger partial charge >= 0.3 is 0 Å². The van der Waals surface area contributed by atoms with E-state index < -0.39 is 21.7 Å². The van der Waals surface area contributed by atoms with E-state index in [2.05, 4.69) is 4.72 Å². The van der Waals surface area contributed by atoms with Gasteiger partial charge in [-0.15, -0.1) is 0 Å². The average Bonchev–Trinajstić information content (AvgIpc) is 2.60. The maximum absolute atomic E-state index is 13.2. The van der Waals surface area contributed by atoms with Crippen molar-refractivity contribution in [3.05, 3.63) is 84.4 Å². The van der Waals surface area contributed by atoms with Gasteiger partial charge in [0, 0.05) is 5.69 Å². The Labute approximate surface area is 143 Å².